The molecule has 3 aromatic rings. The van der Waals surface area contributed by atoms with Crippen molar-refractivity contribution in [2.24, 2.45) is 0 Å². The quantitative estimate of drug-likeness (QED) is 0.376. The van der Waals surface area contributed by atoms with E-state index in [1.165, 1.54) is 10.1 Å². The van der Waals surface area contributed by atoms with Gasteiger partial charge in [0.1, 0.15) is 11.3 Å². The van der Waals surface area contributed by atoms with Crippen molar-refractivity contribution in [2.45, 2.75) is 52.6 Å². The summed E-state index contributed by atoms with van der Waals surface area (Å²) in [6.45, 7) is 7.32. The number of pyridine rings is 1. The van der Waals surface area contributed by atoms with Gasteiger partial charge >= 0.3 is 12.1 Å². The highest BCUT2D eigenvalue weighted by atomic mass is 79.9. The molecule has 0 atom stereocenters. The number of carbonyl (C=O) groups excluding carboxylic acids is 2. The second kappa shape index (κ2) is 9.14. The number of hydrogen-bond acceptors (Lipinski definition) is 5. The smallest absolute Gasteiger partial charge is 0.419 e. The lowest BCUT2D eigenvalue weighted by Gasteiger charge is -2.20. The second-order valence-corrected chi connectivity index (χ2v) is 9.96. The molecule has 1 aliphatic carbocycles. The van der Waals surface area contributed by atoms with E-state index in [9.17, 15) is 9.59 Å². The zero-order valence-corrected chi connectivity index (χ0v) is 20.9. The molecule has 1 aromatic carbocycles. The molecule has 0 N–H and O–H groups in total. The minimum atomic E-state index is -0.702. The summed E-state index contributed by atoms with van der Waals surface area (Å²) in [4.78, 5) is 30.0. The number of esters is 1. The Hall–Kier alpha value is -2.93. The van der Waals surface area contributed by atoms with Crippen LogP contribution in [-0.2, 0) is 15.9 Å². The van der Waals surface area contributed by atoms with E-state index < -0.39 is 17.7 Å². The first-order valence-electron chi connectivity index (χ1n) is 11.1. The van der Waals surface area contributed by atoms with Gasteiger partial charge in [-0.2, -0.15) is 0 Å². The number of nitrogens with zero attached hydrogens (tertiary/aromatic N) is 2. The molecule has 0 bridgehead atoms. The lowest BCUT2D eigenvalue weighted by atomic mass is 9.95. The largest absolute Gasteiger partial charge is 0.461 e. The normalized spacial score (nSPS) is 14.1. The molecule has 0 fully saturated rings. The molecular weight excluding hydrogens is 484 g/mol. The van der Waals surface area contributed by atoms with E-state index in [-0.39, 0.29) is 12.3 Å². The van der Waals surface area contributed by atoms with Crippen LogP contribution in [0.25, 0.3) is 16.5 Å². The summed E-state index contributed by atoms with van der Waals surface area (Å²) in [5, 5.41) is 0.754. The van der Waals surface area contributed by atoms with Gasteiger partial charge in [-0.25, -0.2) is 14.2 Å². The number of fused-ring (bicyclic) bond motifs is 2. The molecule has 172 valence electrons. The van der Waals surface area contributed by atoms with Gasteiger partial charge in [0.05, 0.1) is 12.1 Å². The standard InChI is InChI=1S/C26H27BrN2O4/c1-5-32-24(30)22-14-18-13-17(9-10-21(18)29(22)25(31)33-26(2,3)4)23-19-15-28-12-11-16(19)7-6-8-20(23)27/h9-15H,5-8H2,1-4H3. The summed E-state index contributed by atoms with van der Waals surface area (Å²) in [7, 11) is 0. The number of carbonyl (C=O) groups is 2. The van der Waals surface area contributed by atoms with Crippen LogP contribution in [-0.4, -0.2) is 33.8 Å². The first-order valence-corrected chi connectivity index (χ1v) is 11.9. The van der Waals surface area contributed by atoms with Gasteiger partial charge in [-0.15, -0.1) is 0 Å². The van der Waals surface area contributed by atoms with Crippen LogP contribution in [0.2, 0.25) is 0 Å². The molecular formula is C26H27BrN2O4. The first kappa shape index (κ1) is 23.2. The Morgan fingerprint density at radius 3 is 2.67 bits per heavy atom. The Bertz CT molecular complexity index is 1270. The Morgan fingerprint density at radius 1 is 1.15 bits per heavy atom. The van der Waals surface area contributed by atoms with Gasteiger partial charge in [0.2, 0.25) is 0 Å². The van der Waals surface area contributed by atoms with Crippen molar-refractivity contribution in [1.29, 1.82) is 0 Å². The van der Waals surface area contributed by atoms with Crippen LogP contribution < -0.4 is 0 Å². The zero-order valence-electron chi connectivity index (χ0n) is 19.3. The van der Waals surface area contributed by atoms with Crippen molar-refractivity contribution in [3.05, 3.63) is 69.6 Å². The van der Waals surface area contributed by atoms with Gasteiger partial charge in [0.15, 0.2) is 0 Å². The van der Waals surface area contributed by atoms with Crippen LogP contribution >= 0.6 is 15.9 Å². The van der Waals surface area contributed by atoms with E-state index in [0.717, 1.165) is 45.8 Å². The number of allylic oxidation sites excluding steroid dienone is 1. The summed E-state index contributed by atoms with van der Waals surface area (Å²) < 4.78 is 13.2. The van der Waals surface area contributed by atoms with Crippen molar-refractivity contribution < 1.29 is 19.1 Å². The van der Waals surface area contributed by atoms with Gasteiger partial charge in [-0.3, -0.25) is 4.98 Å². The van der Waals surface area contributed by atoms with E-state index >= 15 is 0 Å². The fourth-order valence-electron chi connectivity index (χ4n) is 4.11. The summed E-state index contributed by atoms with van der Waals surface area (Å²) in [5.41, 5.74) is 4.46. The van der Waals surface area contributed by atoms with E-state index in [0.29, 0.717) is 5.52 Å². The molecule has 0 saturated carbocycles. The van der Waals surface area contributed by atoms with Crippen LogP contribution in [0.5, 0.6) is 0 Å². The molecule has 1 aliphatic rings. The third-order valence-electron chi connectivity index (χ3n) is 5.45. The van der Waals surface area contributed by atoms with E-state index in [1.54, 1.807) is 33.8 Å². The molecule has 0 unspecified atom stereocenters. The van der Waals surface area contributed by atoms with Crippen LogP contribution in [0.15, 0.2) is 47.2 Å². The van der Waals surface area contributed by atoms with Crippen LogP contribution in [0, 0.1) is 0 Å². The topological polar surface area (TPSA) is 70.4 Å². The zero-order chi connectivity index (χ0) is 23.8. The molecule has 7 heteroatoms. The molecule has 0 aliphatic heterocycles. The highest BCUT2D eigenvalue weighted by molar-refractivity contribution is 9.11. The SMILES string of the molecule is CCOC(=O)c1cc2cc(C3=C(Br)CCCc4ccncc43)ccc2n1C(=O)OC(C)(C)C. The molecule has 2 aromatic heterocycles. The number of hydrogen-bond donors (Lipinski definition) is 0. The van der Waals surface area contributed by atoms with Crippen molar-refractivity contribution in [3.8, 4) is 0 Å². The fourth-order valence-corrected chi connectivity index (χ4v) is 4.84. The van der Waals surface area contributed by atoms with Crippen molar-refractivity contribution in [3.63, 3.8) is 0 Å². The third kappa shape index (κ3) is 4.74. The van der Waals surface area contributed by atoms with Gasteiger partial charge in [-0.1, -0.05) is 22.0 Å². The molecule has 4 rings (SSSR count). The van der Waals surface area contributed by atoms with Crippen molar-refractivity contribution >= 4 is 44.5 Å². The summed E-state index contributed by atoms with van der Waals surface area (Å²) in [6.07, 6.45) is 6.07. The molecule has 0 amide bonds. The maximum atomic E-state index is 13.0. The Kier molecular flexibility index (Phi) is 6.43. The summed E-state index contributed by atoms with van der Waals surface area (Å²) >= 11 is 3.79. The maximum absolute atomic E-state index is 13.0. The van der Waals surface area contributed by atoms with Gasteiger partial charge in [-0.05, 0) is 82.3 Å². The second-order valence-electron chi connectivity index (χ2n) is 9.01. The van der Waals surface area contributed by atoms with Crippen LogP contribution in [0.1, 0.15) is 67.7 Å². The highest BCUT2D eigenvalue weighted by Gasteiger charge is 2.26. The number of rotatable bonds is 3. The number of halogens is 1. The van der Waals surface area contributed by atoms with Crippen molar-refractivity contribution in [1.82, 2.24) is 9.55 Å². The van der Waals surface area contributed by atoms with E-state index in [2.05, 4.69) is 27.0 Å². The Labute approximate surface area is 201 Å². The van der Waals surface area contributed by atoms with Gasteiger partial charge in [0, 0.05) is 33.4 Å². The molecule has 33 heavy (non-hydrogen) atoms. The van der Waals surface area contributed by atoms with Gasteiger partial charge < -0.3 is 9.47 Å². The molecule has 0 saturated heterocycles. The lowest BCUT2D eigenvalue weighted by Crippen LogP contribution is -2.29. The number of ether oxygens (including phenoxy) is 2. The Balaban J connectivity index is 1.88. The number of aryl methyl sites for hydroxylation is 1. The molecule has 6 nitrogen and oxygen atoms in total. The predicted octanol–water partition coefficient (Wildman–Crippen LogP) is 6.49. The molecule has 0 spiro atoms. The fraction of sp³-hybridized carbons (Fsp3) is 0.346. The van der Waals surface area contributed by atoms with Crippen LogP contribution in [0.4, 0.5) is 4.79 Å². The molecule has 0 radical (unpaired) electrons. The van der Waals surface area contributed by atoms with Gasteiger partial charge in [0.25, 0.3) is 0 Å². The lowest BCUT2D eigenvalue weighted by molar-refractivity contribution is 0.0454. The minimum Gasteiger partial charge on any atom is -0.461 e. The Morgan fingerprint density at radius 2 is 1.94 bits per heavy atom. The minimum absolute atomic E-state index is 0.147. The maximum Gasteiger partial charge on any atom is 0.419 e. The summed E-state index contributed by atoms with van der Waals surface area (Å²) in [5.74, 6) is -0.564. The average molecular weight is 511 g/mol. The highest BCUT2D eigenvalue weighted by Crippen LogP contribution is 2.38. The molecule has 2 heterocycles. The number of benzene rings is 1. The average Bonchev–Trinajstić information content (AvgIpc) is 3.04. The van der Waals surface area contributed by atoms with Crippen molar-refractivity contribution in [2.75, 3.05) is 6.61 Å². The number of aromatic nitrogens is 2. The third-order valence-corrected chi connectivity index (χ3v) is 6.24. The summed E-state index contributed by atoms with van der Waals surface area (Å²) in [6, 6.07) is 9.58. The monoisotopic (exact) mass is 510 g/mol. The first-order chi connectivity index (χ1) is 15.7. The van der Waals surface area contributed by atoms with E-state index in [1.807, 2.05) is 30.6 Å². The van der Waals surface area contributed by atoms with Crippen LogP contribution in [0.3, 0.4) is 0 Å². The van der Waals surface area contributed by atoms with E-state index in [4.69, 9.17) is 9.47 Å². The predicted molar refractivity (Wildman–Crippen MR) is 132 cm³/mol.